The van der Waals surface area contributed by atoms with Crippen LogP contribution in [0, 0.1) is 0 Å². The zero-order chi connectivity index (χ0) is 25.2. The molecule has 1 unspecified atom stereocenters. The van der Waals surface area contributed by atoms with Crippen LogP contribution in [0.3, 0.4) is 0 Å². The first-order valence-electron chi connectivity index (χ1n) is 11.5. The summed E-state index contributed by atoms with van der Waals surface area (Å²) in [4.78, 5) is 32.4. The van der Waals surface area contributed by atoms with Gasteiger partial charge in [-0.1, -0.05) is 30.3 Å². The van der Waals surface area contributed by atoms with Gasteiger partial charge in [0.25, 0.3) is 0 Å². The van der Waals surface area contributed by atoms with E-state index in [-0.39, 0.29) is 5.91 Å². The Morgan fingerprint density at radius 2 is 1.69 bits per heavy atom. The van der Waals surface area contributed by atoms with Gasteiger partial charge in [-0.15, -0.1) is 0 Å². The number of carbonyl (C=O) groups is 2. The van der Waals surface area contributed by atoms with Crippen LogP contribution in [0.1, 0.15) is 33.0 Å². The minimum atomic E-state index is -0.652. The number of rotatable bonds is 6. The van der Waals surface area contributed by atoms with E-state index in [1.807, 2.05) is 56.6 Å². The average Bonchev–Trinajstić information content (AvgIpc) is 3.21. The molecule has 0 aliphatic carbocycles. The van der Waals surface area contributed by atoms with Gasteiger partial charge in [0.05, 0.1) is 36.5 Å². The third-order valence-electron chi connectivity index (χ3n) is 6.11. The van der Waals surface area contributed by atoms with Crippen molar-refractivity contribution in [3.8, 4) is 0 Å². The number of anilines is 1. The Morgan fingerprint density at radius 1 is 0.972 bits per heavy atom. The quantitative estimate of drug-likeness (QED) is 0.327. The monoisotopic (exact) mass is 479 g/mol. The molecule has 36 heavy (non-hydrogen) atoms. The Kier molecular flexibility index (Phi) is 6.26. The zero-order valence-corrected chi connectivity index (χ0v) is 20.2. The van der Waals surface area contributed by atoms with Crippen molar-refractivity contribution in [2.24, 2.45) is 4.99 Å². The summed E-state index contributed by atoms with van der Waals surface area (Å²) < 4.78 is 4.83. The molecule has 0 saturated heterocycles. The molecule has 0 saturated carbocycles. The highest BCUT2D eigenvalue weighted by Crippen LogP contribution is 2.37. The van der Waals surface area contributed by atoms with E-state index in [4.69, 9.17) is 9.73 Å². The van der Waals surface area contributed by atoms with Crippen LogP contribution in [0.4, 0.5) is 11.4 Å². The maximum Gasteiger partial charge on any atom is 0.337 e. The highest BCUT2D eigenvalue weighted by atomic mass is 16.5. The summed E-state index contributed by atoms with van der Waals surface area (Å²) >= 11 is 0. The average molecular weight is 480 g/mol. The second-order valence-electron chi connectivity index (χ2n) is 8.95. The van der Waals surface area contributed by atoms with Crippen molar-refractivity contribution in [1.29, 1.82) is 0 Å². The molecule has 1 aromatic heterocycles. The maximum atomic E-state index is 13.3. The van der Waals surface area contributed by atoms with Crippen LogP contribution in [0.25, 0.3) is 10.8 Å². The first kappa shape index (κ1) is 23.3. The number of ether oxygens (including phenoxy) is 1. The number of hydrogen-bond acceptors (Lipinski definition) is 7. The van der Waals surface area contributed by atoms with E-state index in [2.05, 4.69) is 20.4 Å². The fourth-order valence-electron chi connectivity index (χ4n) is 4.41. The number of nitrogens with one attached hydrogen (secondary N) is 1. The lowest BCUT2D eigenvalue weighted by Crippen LogP contribution is -2.22. The highest BCUT2D eigenvalue weighted by molar-refractivity contribution is 6.24. The van der Waals surface area contributed by atoms with Gasteiger partial charge in [-0.3, -0.25) is 9.79 Å². The second kappa shape index (κ2) is 9.67. The lowest BCUT2D eigenvalue weighted by Gasteiger charge is -2.15. The van der Waals surface area contributed by atoms with Crippen LogP contribution in [0.15, 0.2) is 78.0 Å². The summed E-state index contributed by atoms with van der Waals surface area (Å²) in [5.41, 5.74) is 5.03. The van der Waals surface area contributed by atoms with Gasteiger partial charge in [-0.25, -0.2) is 4.79 Å². The van der Waals surface area contributed by atoms with Crippen LogP contribution >= 0.6 is 0 Å². The van der Waals surface area contributed by atoms with Crippen molar-refractivity contribution in [2.45, 2.75) is 12.5 Å². The van der Waals surface area contributed by atoms with Crippen LogP contribution in [0.2, 0.25) is 0 Å². The van der Waals surface area contributed by atoms with Gasteiger partial charge in [0.15, 0.2) is 0 Å². The van der Waals surface area contributed by atoms with E-state index in [0.29, 0.717) is 17.0 Å². The molecule has 1 aliphatic heterocycles. The van der Waals surface area contributed by atoms with Crippen molar-refractivity contribution in [3.63, 3.8) is 0 Å². The Bertz CT molecular complexity index is 1500. The normalized spacial score (nSPS) is 15.2. The maximum absolute atomic E-state index is 13.3. The molecule has 0 radical (unpaired) electrons. The molecule has 3 aromatic carbocycles. The molecular formula is C28H25N5O3. The molecule has 8 heteroatoms. The number of benzene rings is 3. The van der Waals surface area contributed by atoms with Gasteiger partial charge in [-0.2, -0.15) is 10.2 Å². The topological polar surface area (TPSA) is 96.8 Å². The molecule has 1 aliphatic rings. The number of fused-ring (bicyclic) bond motifs is 2. The molecule has 1 atom stereocenters. The summed E-state index contributed by atoms with van der Waals surface area (Å²) in [5.74, 6) is -1.32. The summed E-state index contributed by atoms with van der Waals surface area (Å²) in [6.07, 6.45) is 3.39. The molecule has 1 N–H and O–H groups in total. The molecule has 8 nitrogen and oxygen atoms in total. The number of amides is 1. The molecule has 180 valence electrons. The molecule has 2 heterocycles. The van der Waals surface area contributed by atoms with Crippen molar-refractivity contribution >= 4 is 39.7 Å². The van der Waals surface area contributed by atoms with Gasteiger partial charge >= 0.3 is 5.97 Å². The SMILES string of the molecule is COC(=O)c1ccc2c(c1)NC(=O)C2C(=Nc1ccc(CN(C)C)cc1)c1ccc2cnncc2c1. The fourth-order valence-corrected chi connectivity index (χ4v) is 4.41. The molecule has 4 aromatic rings. The third-order valence-corrected chi connectivity index (χ3v) is 6.11. The van der Waals surface area contributed by atoms with E-state index in [1.54, 1.807) is 30.6 Å². The summed E-state index contributed by atoms with van der Waals surface area (Å²) in [6.45, 7) is 0.823. The van der Waals surface area contributed by atoms with Gasteiger partial charge in [0, 0.05) is 23.0 Å². The summed E-state index contributed by atoms with van der Waals surface area (Å²) in [6, 6.07) is 18.9. The van der Waals surface area contributed by atoms with Crippen LogP contribution in [0.5, 0.6) is 0 Å². The van der Waals surface area contributed by atoms with Gasteiger partial charge in [0.1, 0.15) is 5.92 Å². The van der Waals surface area contributed by atoms with Gasteiger partial charge < -0.3 is 15.0 Å². The van der Waals surface area contributed by atoms with E-state index < -0.39 is 11.9 Å². The predicted molar refractivity (Wildman–Crippen MR) is 139 cm³/mol. The highest BCUT2D eigenvalue weighted by Gasteiger charge is 2.36. The number of esters is 1. The zero-order valence-electron chi connectivity index (χ0n) is 20.2. The summed E-state index contributed by atoms with van der Waals surface area (Å²) in [7, 11) is 5.38. The van der Waals surface area contributed by atoms with E-state index in [9.17, 15) is 9.59 Å². The van der Waals surface area contributed by atoms with Gasteiger partial charge in [-0.05, 0) is 61.1 Å². The lowest BCUT2D eigenvalue weighted by atomic mass is 9.89. The van der Waals surface area contributed by atoms with Gasteiger partial charge in [0.2, 0.25) is 5.91 Å². The van der Waals surface area contributed by atoms with Crippen molar-refractivity contribution in [3.05, 3.63) is 95.3 Å². The number of hydrogen-bond donors (Lipinski definition) is 1. The molecular weight excluding hydrogens is 454 g/mol. The lowest BCUT2D eigenvalue weighted by molar-refractivity contribution is -0.115. The molecule has 0 spiro atoms. The second-order valence-corrected chi connectivity index (χ2v) is 8.95. The van der Waals surface area contributed by atoms with Crippen LogP contribution in [-0.4, -0.2) is 53.9 Å². The van der Waals surface area contributed by atoms with Crippen LogP contribution < -0.4 is 5.32 Å². The first-order chi connectivity index (χ1) is 17.4. The Balaban J connectivity index is 1.62. The van der Waals surface area contributed by atoms with E-state index in [0.717, 1.165) is 34.1 Å². The number of aliphatic imine (C=N–C) groups is 1. The minimum absolute atomic E-state index is 0.206. The van der Waals surface area contributed by atoms with Crippen molar-refractivity contribution in [2.75, 3.05) is 26.5 Å². The van der Waals surface area contributed by atoms with Crippen molar-refractivity contribution < 1.29 is 14.3 Å². The largest absolute Gasteiger partial charge is 0.465 e. The van der Waals surface area contributed by atoms with Crippen molar-refractivity contribution in [1.82, 2.24) is 15.1 Å². The van der Waals surface area contributed by atoms with E-state index >= 15 is 0 Å². The number of nitrogens with zero attached hydrogens (tertiary/aromatic N) is 4. The molecule has 0 fully saturated rings. The molecule has 1 amide bonds. The number of carbonyl (C=O) groups excluding carboxylic acids is 2. The first-order valence-corrected chi connectivity index (χ1v) is 11.5. The predicted octanol–water partition coefficient (Wildman–Crippen LogP) is 4.33. The smallest absolute Gasteiger partial charge is 0.337 e. The molecule has 0 bridgehead atoms. The molecule has 5 rings (SSSR count). The Morgan fingerprint density at radius 3 is 2.42 bits per heavy atom. The standard InChI is InChI=1S/C28H25N5O3/c1-33(2)16-17-4-9-22(10-5-17)31-26(18-6-7-20-14-29-30-15-21(20)12-18)25-23-11-8-19(28(35)36-3)13-24(23)32-27(25)34/h4-15,25H,16H2,1-3H3,(H,32,34). The number of methoxy groups -OCH3 is 1. The Labute approximate surface area is 208 Å². The Hall–Kier alpha value is -4.43. The fraction of sp³-hybridized carbons (Fsp3) is 0.179. The number of aromatic nitrogens is 2. The third kappa shape index (κ3) is 4.58. The van der Waals surface area contributed by atoms with Crippen LogP contribution in [-0.2, 0) is 16.1 Å². The summed E-state index contributed by atoms with van der Waals surface area (Å²) in [5, 5.41) is 12.7. The minimum Gasteiger partial charge on any atom is -0.465 e. The van der Waals surface area contributed by atoms with E-state index in [1.165, 1.54) is 12.7 Å².